The number of carbonyl (C=O) groups is 2. The van der Waals surface area contributed by atoms with Gasteiger partial charge in [0.2, 0.25) is 23.6 Å². The van der Waals surface area contributed by atoms with E-state index in [2.05, 4.69) is 51.2 Å². The van der Waals surface area contributed by atoms with Crippen LogP contribution in [0.5, 0.6) is 0 Å². The molecule has 4 aliphatic heterocycles. The molecule has 2 aromatic carbocycles. The number of amides is 2. The molecule has 4 aliphatic rings. The first-order valence-electron chi connectivity index (χ1n) is 27.3. The summed E-state index contributed by atoms with van der Waals surface area (Å²) >= 11 is 0. The van der Waals surface area contributed by atoms with E-state index in [9.17, 15) is 35.9 Å². The zero-order valence-electron chi connectivity index (χ0n) is 45.2. The Labute approximate surface area is 439 Å². The molecule has 1 unspecified atom stereocenters. The first-order valence-corrected chi connectivity index (χ1v) is 27.3. The Morgan fingerprint density at radius 3 is 1.32 bits per heavy atom. The zero-order chi connectivity index (χ0) is 54.0. The highest BCUT2D eigenvalue weighted by molar-refractivity contribution is 5.79. The Morgan fingerprint density at radius 2 is 0.933 bits per heavy atom. The standard InChI is InChI=1S/C29H41F3N4O2.C28H39F3N4O2/c1-19-12-20(2)15-24(14-19)28-34-26(29(30,31)32)25(38-28)18-35-10-6-23(7-11-35)27(37)33-8-5-9-36-16-21(3)13-22(4)17-36;1-19-6-4-10-34(17-19)11-5-9-32-26(36)22-7-12-35(13-8-22)18-24-25(28(29,30)31)33-27(37-24)23-15-20(2)14-21(3)16-23/h12,14-15,21-23H,5-11,13,16-18H2,1-4H3,(H,33,37);14-16,19,22H,4-13,17-18H2,1-3H3,(H,32,36)/t21-,22+;. The summed E-state index contributed by atoms with van der Waals surface area (Å²) in [4.78, 5) is 41.8. The summed E-state index contributed by atoms with van der Waals surface area (Å²) < 4.78 is 93.9. The topological polar surface area (TPSA) is 123 Å². The number of alkyl halides is 6. The van der Waals surface area contributed by atoms with Gasteiger partial charge in [0, 0.05) is 55.7 Å². The highest BCUT2D eigenvalue weighted by Crippen LogP contribution is 2.38. The molecule has 12 nitrogen and oxygen atoms in total. The van der Waals surface area contributed by atoms with Gasteiger partial charge in [-0.2, -0.15) is 26.3 Å². The second-order valence-corrected chi connectivity index (χ2v) is 22.5. The zero-order valence-corrected chi connectivity index (χ0v) is 45.2. The summed E-state index contributed by atoms with van der Waals surface area (Å²) in [5, 5.41) is 6.14. The van der Waals surface area contributed by atoms with Gasteiger partial charge in [-0.25, -0.2) is 9.97 Å². The third-order valence-corrected chi connectivity index (χ3v) is 15.1. The van der Waals surface area contributed by atoms with Crippen LogP contribution in [0.1, 0.15) is 124 Å². The third kappa shape index (κ3) is 17.1. The van der Waals surface area contributed by atoms with E-state index in [0.717, 1.165) is 92.1 Å². The number of nitrogens with one attached hydrogen (secondary N) is 2. The smallest absolute Gasteiger partial charge is 0.436 e. The van der Waals surface area contributed by atoms with E-state index in [0.29, 0.717) is 76.1 Å². The molecular formula is C57H80F6N8O4. The van der Waals surface area contributed by atoms with E-state index >= 15 is 0 Å². The fourth-order valence-electron chi connectivity index (χ4n) is 11.7. The molecule has 6 heterocycles. The lowest BCUT2D eigenvalue weighted by Gasteiger charge is -2.35. The Kier molecular flexibility index (Phi) is 20.1. The minimum Gasteiger partial charge on any atom is -0.439 e. The van der Waals surface area contributed by atoms with Crippen molar-refractivity contribution in [2.24, 2.45) is 29.6 Å². The fourth-order valence-corrected chi connectivity index (χ4v) is 11.7. The average molecular weight is 1060 g/mol. The van der Waals surface area contributed by atoms with Gasteiger partial charge >= 0.3 is 12.4 Å². The molecule has 4 fully saturated rings. The van der Waals surface area contributed by atoms with Gasteiger partial charge in [-0.1, -0.05) is 55.2 Å². The van der Waals surface area contributed by atoms with E-state index in [1.54, 1.807) is 24.3 Å². The minimum atomic E-state index is -4.60. The van der Waals surface area contributed by atoms with Gasteiger partial charge in [-0.3, -0.25) is 19.4 Å². The van der Waals surface area contributed by atoms with Gasteiger partial charge in [0.1, 0.15) is 0 Å². The van der Waals surface area contributed by atoms with E-state index in [-0.39, 0.29) is 60.0 Å². The summed E-state index contributed by atoms with van der Waals surface area (Å²) in [6.45, 7) is 24.5. The Hall–Kier alpha value is -4.78. The van der Waals surface area contributed by atoms with Crippen molar-refractivity contribution >= 4 is 11.8 Å². The van der Waals surface area contributed by atoms with Crippen molar-refractivity contribution in [3.05, 3.63) is 81.6 Å². The number of nitrogens with zero attached hydrogens (tertiary/aromatic N) is 6. The molecule has 0 bridgehead atoms. The number of piperidine rings is 4. The third-order valence-electron chi connectivity index (χ3n) is 15.1. The maximum atomic E-state index is 13.8. The number of benzene rings is 2. The van der Waals surface area contributed by atoms with Crippen molar-refractivity contribution in [2.75, 3.05) is 78.5 Å². The summed E-state index contributed by atoms with van der Waals surface area (Å²) in [6.07, 6.45) is -1.02. The van der Waals surface area contributed by atoms with Crippen molar-refractivity contribution in [3.8, 4) is 22.9 Å². The van der Waals surface area contributed by atoms with Crippen molar-refractivity contribution in [3.63, 3.8) is 0 Å². The lowest BCUT2D eigenvalue weighted by molar-refractivity contribution is -0.143. The summed E-state index contributed by atoms with van der Waals surface area (Å²) in [5.41, 5.74) is 2.88. The molecule has 4 saturated heterocycles. The van der Waals surface area contributed by atoms with Crippen LogP contribution in [-0.2, 0) is 35.0 Å². The molecule has 0 radical (unpaired) electrons. The van der Waals surface area contributed by atoms with Gasteiger partial charge in [0.25, 0.3) is 0 Å². The van der Waals surface area contributed by atoms with E-state index in [1.165, 1.54) is 19.3 Å². The molecule has 2 amide bonds. The molecule has 0 aliphatic carbocycles. The van der Waals surface area contributed by atoms with Crippen LogP contribution in [0, 0.1) is 57.3 Å². The van der Waals surface area contributed by atoms with Crippen LogP contribution < -0.4 is 10.6 Å². The summed E-state index contributed by atoms with van der Waals surface area (Å²) in [5.74, 6) is 1.73. The minimum absolute atomic E-state index is 0.0117. The average Bonchev–Trinajstić information content (AvgIpc) is 3.97. The Balaban J connectivity index is 0.000000219. The number of oxazole rings is 2. The van der Waals surface area contributed by atoms with E-state index in [4.69, 9.17) is 8.83 Å². The van der Waals surface area contributed by atoms with Crippen LogP contribution in [0.15, 0.2) is 45.2 Å². The SMILES string of the molecule is Cc1cc(C)cc(-c2nc(C(F)(F)F)c(CN3CCC(C(=O)NCCCN4CCCC(C)C4)CC3)o2)c1.Cc1cc(C)cc(-c2nc(C(F)(F)F)c(CN3CCC(C(=O)NCCCN4C[C@H](C)C[C@H](C)C4)CC3)o2)c1. The van der Waals surface area contributed by atoms with Gasteiger partial charge in [-0.15, -0.1) is 0 Å². The molecule has 8 rings (SSSR count). The van der Waals surface area contributed by atoms with Crippen LogP contribution in [-0.4, -0.2) is 120 Å². The van der Waals surface area contributed by atoms with Crippen molar-refractivity contribution in [2.45, 2.75) is 132 Å². The number of hydrogen-bond acceptors (Lipinski definition) is 10. The maximum Gasteiger partial charge on any atom is 0.436 e. The molecule has 0 spiro atoms. The van der Waals surface area contributed by atoms with Crippen LogP contribution in [0.25, 0.3) is 22.9 Å². The lowest BCUT2D eigenvalue weighted by atomic mass is 9.92. The van der Waals surface area contributed by atoms with Crippen molar-refractivity contribution in [1.29, 1.82) is 0 Å². The summed E-state index contributed by atoms with van der Waals surface area (Å²) in [7, 11) is 0. The molecule has 2 N–H and O–H groups in total. The Bertz CT molecular complexity index is 2440. The van der Waals surface area contributed by atoms with E-state index < -0.39 is 23.7 Å². The second-order valence-electron chi connectivity index (χ2n) is 22.5. The highest BCUT2D eigenvalue weighted by Gasteiger charge is 2.41. The molecular weight excluding hydrogens is 975 g/mol. The molecule has 0 saturated carbocycles. The van der Waals surface area contributed by atoms with Crippen LogP contribution in [0.3, 0.4) is 0 Å². The molecule has 3 atom stereocenters. The number of carbonyl (C=O) groups excluding carboxylic acids is 2. The first kappa shape index (κ1) is 57.9. The fraction of sp³-hybridized carbons (Fsp3) is 0.649. The van der Waals surface area contributed by atoms with E-state index in [1.807, 2.05) is 49.6 Å². The van der Waals surface area contributed by atoms with Crippen LogP contribution >= 0.6 is 0 Å². The highest BCUT2D eigenvalue weighted by atomic mass is 19.4. The number of halogens is 6. The first-order chi connectivity index (χ1) is 35.6. The number of aryl methyl sites for hydroxylation is 4. The quantitative estimate of drug-likeness (QED) is 0.0828. The predicted molar refractivity (Wildman–Crippen MR) is 278 cm³/mol. The van der Waals surface area contributed by atoms with Gasteiger partial charge in [0.05, 0.1) is 13.1 Å². The van der Waals surface area contributed by atoms with Gasteiger partial charge in [0.15, 0.2) is 22.9 Å². The second kappa shape index (κ2) is 26.0. The maximum absolute atomic E-state index is 13.8. The number of rotatable bonds is 16. The largest absolute Gasteiger partial charge is 0.439 e. The van der Waals surface area contributed by atoms with Crippen LogP contribution in [0.2, 0.25) is 0 Å². The van der Waals surface area contributed by atoms with Crippen molar-refractivity contribution < 1.29 is 44.8 Å². The van der Waals surface area contributed by atoms with Gasteiger partial charge < -0.3 is 29.3 Å². The Morgan fingerprint density at radius 1 is 0.547 bits per heavy atom. The number of likely N-dealkylation sites (tertiary alicyclic amines) is 4. The van der Waals surface area contributed by atoms with Crippen LogP contribution in [0.4, 0.5) is 26.3 Å². The molecule has 2 aromatic heterocycles. The molecule has 4 aromatic rings. The molecule has 414 valence electrons. The number of aromatic nitrogens is 2. The number of hydrogen-bond donors (Lipinski definition) is 2. The molecule has 18 heteroatoms. The summed E-state index contributed by atoms with van der Waals surface area (Å²) in [6, 6.07) is 11.0. The monoisotopic (exact) mass is 1050 g/mol. The lowest BCUT2D eigenvalue weighted by Crippen LogP contribution is -2.42. The predicted octanol–water partition coefficient (Wildman–Crippen LogP) is 11.1. The molecule has 75 heavy (non-hydrogen) atoms. The van der Waals surface area contributed by atoms with Crippen molar-refractivity contribution in [1.82, 2.24) is 40.2 Å². The normalized spacial score (nSPS) is 21.2. The van der Waals surface area contributed by atoms with Gasteiger partial charge in [-0.05, 0) is 173 Å².